The van der Waals surface area contributed by atoms with Crippen LogP contribution < -0.4 is 5.32 Å². The van der Waals surface area contributed by atoms with Crippen LogP contribution in [-0.2, 0) is 0 Å². The highest BCUT2D eigenvalue weighted by molar-refractivity contribution is 6.16. The van der Waals surface area contributed by atoms with Gasteiger partial charge >= 0.3 is 0 Å². The molecule has 0 saturated heterocycles. The van der Waals surface area contributed by atoms with Gasteiger partial charge in [0.15, 0.2) is 0 Å². The van der Waals surface area contributed by atoms with Gasteiger partial charge in [-0.25, -0.2) is 4.98 Å². The molecule has 3 aromatic carbocycles. The number of carbonyl (C=O) groups excluding carboxylic acids is 1. The first-order chi connectivity index (χ1) is 15.0. The van der Waals surface area contributed by atoms with E-state index in [0.717, 1.165) is 28.3 Å². The van der Waals surface area contributed by atoms with Gasteiger partial charge in [-0.3, -0.25) is 14.9 Å². The normalized spacial score (nSPS) is 11.2. The number of benzene rings is 3. The Balaban J connectivity index is 1.88. The maximum absolute atomic E-state index is 12.9. The molecule has 0 saturated carbocycles. The first-order valence-corrected chi connectivity index (χ1v) is 9.95. The van der Waals surface area contributed by atoms with E-state index >= 15 is 0 Å². The van der Waals surface area contributed by atoms with Crippen molar-refractivity contribution in [2.75, 3.05) is 27.2 Å². The number of hydrogen-bond acceptors (Lipinski definition) is 5. The van der Waals surface area contributed by atoms with Crippen LogP contribution >= 0.6 is 0 Å². The van der Waals surface area contributed by atoms with Crippen molar-refractivity contribution < 1.29 is 9.72 Å². The quantitative estimate of drug-likeness (QED) is 0.289. The Labute approximate surface area is 179 Å². The molecule has 0 spiro atoms. The molecule has 0 fully saturated rings. The number of hydrogen-bond donors (Lipinski definition) is 1. The number of para-hydroxylation sites is 1. The molecule has 7 nitrogen and oxygen atoms in total. The summed E-state index contributed by atoms with van der Waals surface area (Å²) in [4.78, 5) is 30.4. The molecule has 7 heteroatoms. The third-order valence-electron chi connectivity index (χ3n) is 5.17. The minimum Gasteiger partial charge on any atom is -0.351 e. The average Bonchev–Trinajstić information content (AvgIpc) is 2.78. The second kappa shape index (κ2) is 8.49. The maximum Gasteiger partial charge on any atom is 0.269 e. The lowest BCUT2D eigenvalue weighted by molar-refractivity contribution is -0.384. The number of aromatic nitrogens is 1. The van der Waals surface area contributed by atoms with Gasteiger partial charge in [0.1, 0.15) is 0 Å². The Morgan fingerprint density at radius 1 is 0.968 bits per heavy atom. The van der Waals surface area contributed by atoms with Gasteiger partial charge in [0.2, 0.25) is 0 Å². The first-order valence-electron chi connectivity index (χ1n) is 9.95. The topological polar surface area (TPSA) is 88.4 Å². The molecule has 1 amide bonds. The second-order valence-corrected chi connectivity index (χ2v) is 7.57. The largest absolute Gasteiger partial charge is 0.351 e. The molecular formula is C24H22N4O3. The summed E-state index contributed by atoms with van der Waals surface area (Å²) in [7, 11) is 3.91. The summed E-state index contributed by atoms with van der Waals surface area (Å²) in [5.41, 5.74) is 2.58. The van der Waals surface area contributed by atoms with Crippen molar-refractivity contribution in [2.24, 2.45) is 0 Å². The van der Waals surface area contributed by atoms with Gasteiger partial charge in [-0.05, 0) is 37.7 Å². The standard InChI is InChI=1S/C24H22N4O3/c1-27(2)15-14-25-24(29)21-9-5-8-20-18-6-3-4-7-19(18)22(26-23(20)21)16-10-12-17(13-11-16)28(30)31/h3-13H,14-15H2,1-2H3,(H,25,29). The molecule has 156 valence electrons. The number of nitro groups is 1. The Kier molecular flexibility index (Phi) is 5.60. The summed E-state index contributed by atoms with van der Waals surface area (Å²) >= 11 is 0. The summed E-state index contributed by atoms with van der Waals surface area (Å²) in [6.45, 7) is 1.27. The molecule has 31 heavy (non-hydrogen) atoms. The Hall–Kier alpha value is -3.84. The fraction of sp³-hybridized carbons (Fsp3) is 0.167. The van der Waals surface area contributed by atoms with Crippen molar-refractivity contribution in [2.45, 2.75) is 0 Å². The Bertz CT molecular complexity index is 1280. The molecule has 1 heterocycles. The van der Waals surface area contributed by atoms with Gasteiger partial charge in [0, 0.05) is 41.6 Å². The SMILES string of the molecule is CN(C)CCNC(=O)c1cccc2c1nc(-c1ccc([N+](=O)[O-])cc1)c1ccccc12. The van der Waals surface area contributed by atoms with Gasteiger partial charge in [-0.2, -0.15) is 0 Å². The van der Waals surface area contributed by atoms with E-state index in [1.165, 1.54) is 12.1 Å². The van der Waals surface area contributed by atoms with E-state index in [0.29, 0.717) is 23.3 Å². The molecule has 0 bridgehead atoms. The lowest BCUT2D eigenvalue weighted by Gasteiger charge is -2.14. The zero-order chi connectivity index (χ0) is 22.0. The highest BCUT2D eigenvalue weighted by Gasteiger charge is 2.16. The molecule has 0 radical (unpaired) electrons. The molecule has 4 rings (SSSR count). The Morgan fingerprint density at radius 2 is 1.65 bits per heavy atom. The zero-order valence-corrected chi connectivity index (χ0v) is 17.3. The third-order valence-corrected chi connectivity index (χ3v) is 5.17. The van der Waals surface area contributed by atoms with Crippen LogP contribution in [0.1, 0.15) is 10.4 Å². The van der Waals surface area contributed by atoms with Crippen LogP contribution in [0.25, 0.3) is 32.9 Å². The smallest absolute Gasteiger partial charge is 0.269 e. The molecule has 0 aliphatic rings. The predicted molar refractivity (Wildman–Crippen MR) is 122 cm³/mol. The van der Waals surface area contributed by atoms with Gasteiger partial charge in [0.25, 0.3) is 11.6 Å². The number of nitrogens with one attached hydrogen (secondary N) is 1. The molecule has 0 atom stereocenters. The number of carbonyl (C=O) groups is 1. The monoisotopic (exact) mass is 414 g/mol. The summed E-state index contributed by atoms with van der Waals surface area (Å²) in [6, 6.07) is 19.8. The van der Waals surface area contributed by atoms with Gasteiger partial charge in [-0.15, -0.1) is 0 Å². The minimum absolute atomic E-state index is 0.0230. The number of amides is 1. The number of likely N-dealkylation sites (N-methyl/N-ethyl adjacent to an activating group) is 1. The summed E-state index contributed by atoms with van der Waals surface area (Å²) < 4.78 is 0. The van der Waals surface area contributed by atoms with Crippen molar-refractivity contribution >= 4 is 33.3 Å². The van der Waals surface area contributed by atoms with E-state index in [-0.39, 0.29) is 11.6 Å². The van der Waals surface area contributed by atoms with E-state index in [2.05, 4.69) is 5.32 Å². The van der Waals surface area contributed by atoms with Crippen LogP contribution in [0.2, 0.25) is 0 Å². The maximum atomic E-state index is 12.9. The molecule has 0 unspecified atom stereocenters. The molecule has 0 aliphatic carbocycles. The van der Waals surface area contributed by atoms with E-state index in [1.54, 1.807) is 18.2 Å². The van der Waals surface area contributed by atoms with E-state index < -0.39 is 4.92 Å². The number of non-ortho nitro benzene ring substituents is 1. The molecule has 1 aromatic heterocycles. The van der Waals surface area contributed by atoms with Crippen molar-refractivity contribution in [1.29, 1.82) is 0 Å². The highest BCUT2D eigenvalue weighted by Crippen LogP contribution is 2.34. The van der Waals surface area contributed by atoms with Crippen molar-refractivity contribution in [3.63, 3.8) is 0 Å². The van der Waals surface area contributed by atoms with Crippen LogP contribution in [-0.4, -0.2) is 47.9 Å². The number of pyridine rings is 1. The van der Waals surface area contributed by atoms with Crippen LogP contribution in [0, 0.1) is 10.1 Å². The fourth-order valence-corrected chi connectivity index (χ4v) is 3.61. The summed E-state index contributed by atoms with van der Waals surface area (Å²) in [5, 5.41) is 16.8. The highest BCUT2D eigenvalue weighted by atomic mass is 16.6. The van der Waals surface area contributed by atoms with Crippen molar-refractivity contribution in [3.8, 4) is 11.3 Å². The molecular weight excluding hydrogens is 392 g/mol. The molecule has 1 N–H and O–H groups in total. The van der Waals surface area contributed by atoms with Crippen LogP contribution in [0.4, 0.5) is 5.69 Å². The number of nitro benzene ring substituents is 1. The first kappa shape index (κ1) is 20.4. The number of nitrogens with zero attached hydrogens (tertiary/aromatic N) is 3. The molecule has 0 aliphatic heterocycles. The van der Waals surface area contributed by atoms with Gasteiger partial charge in [0.05, 0.1) is 21.7 Å². The zero-order valence-electron chi connectivity index (χ0n) is 17.3. The predicted octanol–water partition coefficient (Wildman–Crippen LogP) is 4.25. The average molecular weight is 414 g/mol. The minimum atomic E-state index is -0.425. The van der Waals surface area contributed by atoms with Crippen LogP contribution in [0.3, 0.4) is 0 Å². The molecule has 4 aromatic rings. The Morgan fingerprint density at radius 3 is 2.32 bits per heavy atom. The third kappa shape index (κ3) is 4.08. The lowest BCUT2D eigenvalue weighted by atomic mass is 9.98. The number of rotatable bonds is 6. The van der Waals surface area contributed by atoms with E-state index in [1.807, 2.05) is 55.4 Å². The van der Waals surface area contributed by atoms with E-state index in [9.17, 15) is 14.9 Å². The summed E-state index contributed by atoms with van der Waals surface area (Å²) in [6.07, 6.45) is 0. The van der Waals surface area contributed by atoms with Gasteiger partial charge < -0.3 is 10.2 Å². The fourth-order valence-electron chi connectivity index (χ4n) is 3.61. The number of fused-ring (bicyclic) bond motifs is 3. The second-order valence-electron chi connectivity index (χ2n) is 7.57. The van der Waals surface area contributed by atoms with Crippen molar-refractivity contribution in [1.82, 2.24) is 15.2 Å². The van der Waals surface area contributed by atoms with Gasteiger partial charge in [-0.1, -0.05) is 36.4 Å². The van der Waals surface area contributed by atoms with Crippen LogP contribution in [0.5, 0.6) is 0 Å². The summed E-state index contributed by atoms with van der Waals surface area (Å²) in [5.74, 6) is -0.176. The van der Waals surface area contributed by atoms with Crippen molar-refractivity contribution in [3.05, 3.63) is 82.4 Å². The lowest BCUT2D eigenvalue weighted by Crippen LogP contribution is -2.31. The van der Waals surface area contributed by atoms with E-state index in [4.69, 9.17) is 4.98 Å². The van der Waals surface area contributed by atoms with Crippen LogP contribution in [0.15, 0.2) is 66.7 Å².